The molecular weight excluding hydrogens is 318 g/mol. The molecule has 1 amide bonds. The molecule has 0 saturated carbocycles. The molecule has 10 heteroatoms. The Bertz CT molecular complexity index is 842. The molecule has 24 heavy (non-hydrogen) atoms. The molecule has 1 heterocycles. The average Bonchev–Trinajstić information content (AvgIpc) is 2.81. The van der Waals surface area contributed by atoms with Crippen LogP contribution in [-0.4, -0.2) is 25.5 Å². The average molecular weight is 333 g/mol. The second-order valence-electron chi connectivity index (χ2n) is 5.23. The van der Waals surface area contributed by atoms with Gasteiger partial charge in [0.15, 0.2) is 0 Å². The molecule has 0 fully saturated rings. The Kier molecular flexibility index (Phi) is 4.58. The highest BCUT2D eigenvalue weighted by Crippen LogP contribution is 2.29. The number of nitrogens with one attached hydrogen (secondary N) is 1. The van der Waals surface area contributed by atoms with Crippen LogP contribution in [-0.2, 0) is 11.3 Å². The van der Waals surface area contributed by atoms with Gasteiger partial charge >= 0.3 is 11.5 Å². The fraction of sp³-hybridized carbons (Fsp3) is 0.286. The molecule has 0 aliphatic heterocycles. The van der Waals surface area contributed by atoms with Gasteiger partial charge in [-0.15, -0.1) is 0 Å². The first-order valence-corrected chi connectivity index (χ1v) is 6.94. The molecule has 126 valence electrons. The van der Waals surface area contributed by atoms with Crippen molar-refractivity contribution < 1.29 is 14.6 Å². The third-order valence-electron chi connectivity index (χ3n) is 3.68. The molecular formula is C14H15N5O5. The molecule has 0 unspecified atom stereocenters. The highest BCUT2D eigenvalue weighted by molar-refractivity contribution is 5.91. The van der Waals surface area contributed by atoms with Crippen molar-refractivity contribution in [3.8, 4) is 0 Å². The summed E-state index contributed by atoms with van der Waals surface area (Å²) in [7, 11) is 0. The van der Waals surface area contributed by atoms with Gasteiger partial charge in [0.1, 0.15) is 12.2 Å². The van der Waals surface area contributed by atoms with Crippen LogP contribution in [0.2, 0.25) is 0 Å². The predicted octanol–water partition coefficient (Wildman–Crippen LogP) is 2.26. The van der Waals surface area contributed by atoms with Gasteiger partial charge in [-0.2, -0.15) is 4.68 Å². The maximum Gasteiger partial charge on any atom is 0.468 e. The van der Waals surface area contributed by atoms with Gasteiger partial charge in [0.2, 0.25) is 5.91 Å². The van der Waals surface area contributed by atoms with Gasteiger partial charge in [-0.1, -0.05) is 12.1 Å². The maximum absolute atomic E-state index is 12.1. The first-order chi connectivity index (χ1) is 11.2. The summed E-state index contributed by atoms with van der Waals surface area (Å²) in [5.41, 5.74) is 1.73. The lowest BCUT2D eigenvalue weighted by Crippen LogP contribution is -2.21. The number of nitrogens with zero attached hydrogens (tertiary/aromatic N) is 4. The van der Waals surface area contributed by atoms with Crippen LogP contribution in [0.4, 0.5) is 17.2 Å². The lowest BCUT2D eigenvalue weighted by Gasteiger charge is -2.09. The summed E-state index contributed by atoms with van der Waals surface area (Å²) in [4.78, 5) is 32.2. The zero-order valence-electron chi connectivity index (χ0n) is 13.3. The van der Waals surface area contributed by atoms with Crippen LogP contribution in [0, 0.1) is 41.0 Å². The smallest absolute Gasteiger partial charge is 0.358 e. The lowest BCUT2D eigenvalue weighted by atomic mass is 10.1. The number of hydrogen-bond donors (Lipinski definition) is 1. The minimum Gasteiger partial charge on any atom is -0.358 e. The van der Waals surface area contributed by atoms with Crippen LogP contribution >= 0.6 is 0 Å². The zero-order chi connectivity index (χ0) is 18.0. The molecule has 2 aromatic rings. The summed E-state index contributed by atoms with van der Waals surface area (Å²) in [5, 5.41) is 28.1. The number of aromatic nitrogens is 2. The second-order valence-corrected chi connectivity index (χ2v) is 5.23. The topological polar surface area (TPSA) is 133 Å². The first-order valence-electron chi connectivity index (χ1n) is 6.94. The van der Waals surface area contributed by atoms with E-state index in [9.17, 15) is 25.0 Å². The number of carbonyl (C=O) groups excluding carboxylic acids is 1. The largest absolute Gasteiger partial charge is 0.468 e. The molecule has 0 spiro atoms. The third kappa shape index (κ3) is 3.21. The minimum absolute atomic E-state index is 0.0529. The Morgan fingerprint density at radius 1 is 1.21 bits per heavy atom. The highest BCUT2D eigenvalue weighted by Gasteiger charge is 2.35. The van der Waals surface area contributed by atoms with Gasteiger partial charge in [0, 0.05) is 5.69 Å². The van der Waals surface area contributed by atoms with E-state index in [4.69, 9.17) is 0 Å². The predicted molar refractivity (Wildman–Crippen MR) is 84.8 cm³/mol. The number of nitro groups is 2. The number of carbonyl (C=O) groups is 1. The van der Waals surface area contributed by atoms with Crippen LogP contribution in [0.3, 0.4) is 0 Å². The number of rotatable bonds is 5. The molecule has 0 atom stereocenters. The van der Waals surface area contributed by atoms with Gasteiger partial charge in [-0.25, -0.2) is 0 Å². The molecule has 2 rings (SSSR count). The van der Waals surface area contributed by atoms with E-state index in [0.29, 0.717) is 5.69 Å². The normalized spacial score (nSPS) is 10.5. The first kappa shape index (κ1) is 17.1. The Labute approximate surface area is 136 Å². The van der Waals surface area contributed by atoms with E-state index < -0.39 is 27.3 Å². The van der Waals surface area contributed by atoms with Gasteiger partial charge in [0.05, 0.1) is 10.0 Å². The summed E-state index contributed by atoms with van der Waals surface area (Å²) < 4.78 is 0.955. The summed E-state index contributed by atoms with van der Waals surface area (Å²) in [6.45, 7) is 4.69. The summed E-state index contributed by atoms with van der Waals surface area (Å²) in [6, 6.07) is 5.41. The van der Waals surface area contributed by atoms with Crippen LogP contribution in [0.1, 0.15) is 16.8 Å². The van der Waals surface area contributed by atoms with E-state index in [-0.39, 0.29) is 12.2 Å². The summed E-state index contributed by atoms with van der Waals surface area (Å²) in [5.74, 6) is -1.36. The fourth-order valence-electron chi connectivity index (χ4n) is 2.22. The van der Waals surface area contributed by atoms with Crippen LogP contribution in [0.15, 0.2) is 18.2 Å². The van der Waals surface area contributed by atoms with Crippen LogP contribution in [0.5, 0.6) is 0 Å². The number of benzene rings is 1. The minimum atomic E-state index is -0.940. The van der Waals surface area contributed by atoms with Crippen molar-refractivity contribution in [2.24, 2.45) is 0 Å². The van der Waals surface area contributed by atoms with E-state index in [2.05, 4.69) is 10.4 Å². The second kappa shape index (κ2) is 6.44. The maximum atomic E-state index is 12.1. The molecule has 0 aliphatic rings. The number of anilines is 1. The molecule has 0 saturated heterocycles. The number of aryl methyl sites for hydroxylation is 1. The summed E-state index contributed by atoms with van der Waals surface area (Å²) >= 11 is 0. The molecule has 10 nitrogen and oxygen atoms in total. The molecule has 0 aliphatic carbocycles. The standard InChI is InChI=1S/C14H15N5O5/c1-8-5-4-6-11(9(8)2)15-12(20)7-17-10(3)13(18(21)22)14(16-17)19(23)24/h4-6H,7H2,1-3H3,(H,15,20). The molecule has 0 radical (unpaired) electrons. The van der Waals surface area contributed by atoms with Crippen LogP contribution < -0.4 is 5.32 Å². The van der Waals surface area contributed by atoms with Crippen molar-refractivity contribution in [2.75, 3.05) is 5.32 Å². The van der Waals surface area contributed by atoms with Crippen molar-refractivity contribution in [1.29, 1.82) is 0 Å². The van der Waals surface area contributed by atoms with Crippen LogP contribution in [0.25, 0.3) is 0 Å². The Morgan fingerprint density at radius 2 is 1.88 bits per heavy atom. The molecule has 1 N–H and O–H groups in total. The quantitative estimate of drug-likeness (QED) is 0.659. The Hall–Kier alpha value is -3.30. The molecule has 0 bridgehead atoms. The van der Waals surface area contributed by atoms with Gasteiger partial charge in [-0.3, -0.25) is 14.9 Å². The van der Waals surface area contributed by atoms with E-state index >= 15 is 0 Å². The van der Waals surface area contributed by atoms with Crippen molar-refractivity contribution in [3.05, 3.63) is 55.2 Å². The van der Waals surface area contributed by atoms with Gasteiger partial charge < -0.3 is 15.4 Å². The van der Waals surface area contributed by atoms with Crippen molar-refractivity contribution >= 4 is 23.1 Å². The monoisotopic (exact) mass is 333 g/mol. The Balaban J connectivity index is 2.26. The van der Waals surface area contributed by atoms with Crippen molar-refractivity contribution in [3.63, 3.8) is 0 Å². The molecule has 1 aromatic heterocycles. The lowest BCUT2D eigenvalue weighted by molar-refractivity contribution is -0.424. The third-order valence-corrected chi connectivity index (χ3v) is 3.68. The zero-order valence-corrected chi connectivity index (χ0v) is 13.3. The van der Waals surface area contributed by atoms with Gasteiger partial charge in [-0.05, 0) is 42.9 Å². The number of amides is 1. The van der Waals surface area contributed by atoms with E-state index in [0.717, 1.165) is 15.8 Å². The van der Waals surface area contributed by atoms with E-state index in [1.807, 2.05) is 19.9 Å². The summed E-state index contributed by atoms with van der Waals surface area (Å²) in [6.07, 6.45) is 0. The molecule has 1 aromatic carbocycles. The Morgan fingerprint density at radius 3 is 2.42 bits per heavy atom. The highest BCUT2D eigenvalue weighted by atomic mass is 16.6. The fourth-order valence-corrected chi connectivity index (χ4v) is 2.22. The van der Waals surface area contributed by atoms with Gasteiger partial charge in [0.25, 0.3) is 0 Å². The van der Waals surface area contributed by atoms with Crippen molar-refractivity contribution in [2.45, 2.75) is 27.3 Å². The van der Waals surface area contributed by atoms with E-state index in [1.54, 1.807) is 12.1 Å². The van der Waals surface area contributed by atoms with Crippen molar-refractivity contribution in [1.82, 2.24) is 9.78 Å². The van der Waals surface area contributed by atoms with E-state index in [1.165, 1.54) is 6.92 Å². The number of hydrogen-bond acceptors (Lipinski definition) is 6. The SMILES string of the molecule is Cc1cccc(NC(=O)Cn2nc([N+](=O)[O-])c([N+](=O)[O-])c2C)c1C.